The third-order valence-electron chi connectivity index (χ3n) is 3.83. The second-order valence-corrected chi connectivity index (χ2v) is 5.80. The molecule has 1 saturated heterocycles. The molecular formula is C16H26N2O2. The first-order valence-electron chi connectivity index (χ1n) is 7.34. The van der Waals surface area contributed by atoms with Crippen LogP contribution in [0.3, 0.4) is 0 Å². The molecule has 1 aromatic carbocycles. The molecular weight excluding hydrogens is 252 g/mol. The minimum Gasteiger partial charge on any atom is -0.493 e. The first-order chi connectivity index (χ1) is 9.61. The molecule has 0 aromatic heterocycles. The van der Waals surface area contributed by atoms with Crippen molar-refractivity contribution in [3.05, 3.63) is 24.3 Å². The summed E-state index contributed by atoms with van der Waals surface area (Å²) in [5.41, 5.74) is 1.12. The van der Waals surface area contributed by atoms with E-state index >= 15 is 0 Å². The Balaban J connectivity index is 1.89. The molecule has 1 aliphatic rings. The predicted molar refractivity (Wildman–Crippen MR) is 82.7 cm³/mol. The third-order valence-corrected chi connectivity index (χ3v) is 3.83. The van der Waals surface area contributed by atoms with Gasteiger partial charge in [-0.25, -0.2) is 0 Å². The molecule has 1 aromatic rings. The Kier molecular flexibility index (Phi) is 5.26. The average molecular weight is 278 g/mol. The van der Waals surface area contributed by atoms with Crippen LogP contribution >= 0.6 is 0 Å². The molecule has 20 heavy (non-hydrogen) atoms. The van der Waals surface area contributed by atoms with E-state index < -0.39 is 0 Å². The Morgan fingerprint density at radius 3 is 2.70 bits per heavy atom. The quantitative estimate of drug-likeness (QED) is 0.865. The van der Waals surface area contributed by atoms with Crippen LogP contribution in [0.1, 0.15) is 20.3 Å². The summed E-state index contributed by atoms with van der Waals surface area (Å²) in [6, 6.07) is 8.36. The van der Waals surface area contributed by atoms with E-state index in [9.17, 15) is 0 Å². The van der Waals surface area contributed by atoms with Gasteiger partial charge in [0, 0.05) is 51.5 Å². The zero-order chi connectivity index (χ0) is 14.4. The summed E-state index contributed by atoms with van der Waals surface area (Å²) in [5.74, 6) is 0.938. The standard InChI is InChI=1S/C16H26N2O2/c1-16(2,19-3)7-12-20-15-6-4-5-14(13-15)18-10-8-17-9-11-18/h4-6,13,17H,7-12H2,1-3H3. The lowest BCUT2D eigenvalue weighted by Gasteiger charge is -2.29. The van der Waals surface area contributed by atoms with Gasteiger partial charge in [-0.05, 0) is 26.0 Å². The molecule has 1 heterocycles. The molecule has 0 bridgehead atoms. The monoisotopic (exact) mass is 278 g/mol. The maximum Gasteiger partial charge on any atom is 0.121 e. The van der Waals surface area contributed by atoms with Crippen LogP contribution in [0.2, 0.25) is 0 Å². The van der Waals surface area contributed by atoms with Crippen LogP contribution in [-0.4, -0.2) is 45.5 Å². The lowest BCUT2D eigenvalue weighted by atomic mass is 10.1. The highest BCUT2D eigenvalue weighted by molar-refractivity contribution is 5.51. The van der Waals surface area contributed by atoms with E-state index in [2.05, 4.69) is 42.3 Å². The maximum absolute atomic E-state index is 5.85. The van der Waals surface area contributed by atoms with E-state index in [4.69, 9.17) is 9.47 Å². The zero-order valence-electron chi connectivity index (χ0n) is 12.8. The Morgan fingerprint density at radius 1 is 1.25 bits per heavy atom. The lowest BCUT2D eigenvalue weighted by molar-refractivity contribution is 0.00546. The van der Waals surface area contributed by atoms with Crippen molar-refractivity contribution in [3.8, 4) is 5.75 Å². The number of ether oxygens (including phenoxy) is 2. The summed E-state index contributed by atoms with van der Waals surface area (Å²) in [6.07, 6.45) is 0.876. The van der Waals surface area contributed by atoms with E-state index in [1.54, 1.807) is 7.11 Å². The number of anilines is 1. The minimum atomic E-state index is -0.129. The van der Waals surface area contributed by atoms with Crippen LogP contribution in [0.25, 0.3) is 0 Å². The Bertz CT molecular complexity index is 415. The molecule has 0 aliphatic carbocycles. The normalized spacial score (nSPS) is 16.2. The van der Waals surface area contributed by atoms with Crippen LogP contribution in [-0.2, 0) is 4.74 Å². The van der Waals surface area contributed by atoms with Gasteiger partial charge >= 0.3 is 0 Å². The highest BCUT2D eigenvalue weighted by Gasteiger charge is 2.16. The average Bonchev–Trinajstić information content (AvgIpc) is 2.48. The van der Waals surface area contributed by atoms with Gasteiger partial charge < -0.3 is 19.7 Å². The number of nitrogens with one attached hydrogen (secondary N) is 1. The van der Waals surface area contributed by atoms with Crippen molar-refractivity contribution in [2.75, 3.05) is 44.8 Å². The third kappa shape index (κ3) is 4.39. The fraction of sp³-hybridized carbons (Fsp3) is 0.625. The molecule has 0 spiro atoms. The topological polar surface area (TPSA) is 33.7 Å². The molecule has 1 fully saturated rings. The van der Waals surface area contributed by atoms with Crippen molar-refractivity contribution >= 4 is 5.69 Å². The predicted octanol–water partition coefficient (Wildman–Crippen LogP) is 2.29. The van der Waals surface area contributed by atoms with Gasteiger partial charge in [-0.15, -0.1) is 0 Å². The van der Waals surface area contributed by atoms with Gasteiger partial charge in [0.15, 0.2) is 0 Å². The van der Waals surface area contributed by atoms with Crippen molar-refractivity contribution in [1.29, 1.82) is 0 Å². The fourth-order valence-corrected chi connectivity index (χ4v) is 2.21. The van der Waals surface area contributed by atoms with Crippen LogP contribution in [0, 0.1) is 0 Å². The molecule has 0 amide bonds. The van der Waals surface area contributed by atoms with Crippen molar-refractivity contribution in [1.82, 2.24) is 5.32 Å². The number of nitrogens with zero attached hydrogens (tertiary/aromatic N) is 1. The van der Waals surface area contributed by atoms with Crippen molar-refractivity contribution < 1.29 is 9.47 Å². The molecule has 112 valence electrons. The summed E-state index contributed by atoms with van der Waals surface area (Å²) < 4.78 is 11.3. The lowest BCUT2D eigenvalue weighted by Crippen LogP contribution is -2.43. The Morgan fingerprint density at radius 2 is 2.00 bits per heavy atom. The van der Waals surface area contributed by atoms with E-state index in [1.165, 1.54) is 5.69 Å². The second-order valence-electron chi connectivity index (χ2n) is 5.80. The number of methoxy groups -OCH3 is 1. The van der Waals surface area contributed by atoms with Crippen molar-refractivity contribution in [2.24, 2.45) is 0 Å². The van der Waals surface area contributed by atoms with Gasteiger partial charge in [0.2, 0.25) is 0 Å². The van der Waals surface area contributed by atoms with E-state index in [-0.39, 0.29) is 5.60 Å². The van der Waals surface area contributed by atoms with Gasteiger partial charge in [0.25, 0.3) is 0 Å². The number of hydrogen-bond acceptors (Lipinski definition) is 4. The fourth-order valence-electron chi connectivity index (χ4n) is 2.21. The minimum absolute atomic E-state index is 0.129. The maximum atomic E-state index is 5.85. The highest BCUT2D eigenvalue weighted by Crippen LogP contribution is 2.22. The van der Waals surface area contributed by atoms with Crippen molar-refractivity contribution in [2.45, 2.75) is 25.9 Å². The van der Waals surface area contributed by atoms with Crippen LogP contribution in [0.15, 0.2) is 24.3 Å². The van der Waals surface area contributed by atoms with E-state index in [1.807, 2.05) is 6.07 Å². The number of hydrogen-bond donors (Lipinski definition) is 1. The number of piperazine rings is 1. The molecule has 0 saturated carbocycles. The summed E-state index contributed by atoms with van der Waals surface area (Å²) in [4.78, 5) is 2.39. The first kappa shape index (κ1) is 15.1. The molecule has 2 rings (SSSR count). The zero-order valence-corrected chi connectivity index (χ0v) is 12.8. The molecule has 0 unspecified atom stereocenters. The number of benzene rings is 1. The van der Waals surface area contributed by atoms with Crippen LogP contribution in [0.4, 0.5) is 5.69 Å². The molecule has 1 aliphatic heterocycles. The van der Waals surface area contributed by atoms with Crippen LogP contribution in [0.5, 0.6) is 5.75 Å². The van der Waals surface area contributed by atoms with Crippen molar-refractivity contribution in [3.63, 3.8) is 0 Å². The van der Waals surface area contributed by atoms with Gasteiger partial charge in [-0.2, -0.15) is 0 Å². The number of rotatable bonds is 6. The highest BCUT2D eigenvalue weighted by atomic mass is 16.5. The molecule has 1 N–H and O–H groups in total. The summed E-state index contributed by atoms with van der Waals surface area (Å²) in [6.45, 7) is 9.04. The van der Waals surface area contributed by atoms with Gasteiger partial charge in [0.05, 0.1) is 12.2 Å². The van der Waals surface area contributed by atoms with Gasteiger partial charge in [0.1, 0.15) is 5.75 Å². The second kappa shape index (κ2) is 6.95. The van der Waals surface area contributed by atoms with E-state index in [0.29, 0.717) is 6.61 Å². The summed E-state index contributed by atoms with van der Waals surface area (Å²) >= 11 is 0. The Labute approximate surface area is 122 Å². The molecule has 0 radical (unpaired) electrons. The first-order valence-corrected chi connectivity index (χ1v) is 7.34. The SMILES string of the molecule is COC(C)(C)CCOc1cccc(N2CCNCC2)c1. The smallest absolute Gasteiger partial charge is 0.121 e. The molecule has 4 heteroatoms. The largest absolute Gasteiger partial charge is 0.493 e. The Hall–Kier alpha value is -1.26. The van der Waals surface area contributed by atoms with Gasteiger partial charge in [-0.1, -0.05) is 6.07 Å². The molecule has 0 atom stereocenters. The molecule has 4 nitrogen and oxygen atoms in total. The van der Waals surface area contributed by atoms with E-state index in [0.717, 1.165) is 38.3 Å². The summed E-state index contributed by atoms with van der Waals surface area (Å²) in [7, 11) is 1.74. The summed E-state index contributed by atoms with van der Waals surface area (Å²) in [5, 5.41) is 3.37. The van der Waals surface area contributed by atoms with Crippen LogP contribution < -0.4 is 15.0 Å². The van der Waals surface area contributed by atoms with Gasteiger partial charge in [-0.3, -0.25) is 0 Å².